The minimum Gasteiger partial charge on any atom is -0.316 e. The summed E-state index contributed by atoms with van der Waals surface area (Å²) in [5.74, 6) is 0.739. The average molecular weight is 445 g/mol. The van der Waals surface area contributed by atoms with Crippen LogP contribution in [0.5, 0.6) is 0 Å². The third kappa shape index (κ3) is 5.20. The van der Waals surface area contributed by atoms with Gasteiger partial charge in [-0.2, -0.15) is 4.31 Å². The van der Waals surface area contributed by atoms with Gasteiger partial charge >= 0.3 is 0 Å². The number of thiazole rings is 1. The van der Waals surface area contributed by atoms with Crippen molar-refractivity contribution in [2.24, 2.45) is 0 Å². The first kappa shape index (κ1) is 20.9. The van der Waals surface area contributed by atoms with E-state index in [2.05, 4.69) is 25.2 Å². The van der Waals surface area contributed by atoms with Gasteiger partial charge in [-0.1, -0.05) is 23.5 Å². The summed E-state index contributed by atoms with van der Waals surface area (Å²) in [5, 5.41) is 4.03. The first-order chi connectivity index (χ1) is 14.4. The highest BCUT2D eigenvalue weighted by molar-refractivity contribution is 7.88. The summed E-state index contributed by atoms with van der Waals surface area (Å²) >= 11 is 1.56. The van der Waals surface area contributed by atoms with E-state index in [9.17, 15) is 8.42 Å². The summed E-state index contributed by atoms with van der Waals surface area (Å²) < 4.78 is 24.8. The summed E-state index contributed by atoms with van der Waals surface area (Å²) in [4.78, 5) is 16.6. The number of piperazine rings is 1. The highest BCUT2D eigenvalue weighted by Crippen LogP contribution is 2.30. The molecule has 0 bridgehead atoms. The van der Waals surface area contributed by atoms with Gasteiger partial charge in [-0.05, 0) is 24.6 Å². The van der Waals surface area contributed by atoms with Crippen molar-refractivity contribution in [1.29, 1.82) is 0 Å². The zero-order chi connectivity index (χ0) is 21.1. The maximum atomic E-state index is 11.6. The molecule has 0 amide bonds. The zero-order valence-electron chi connectivity index (χ0n) is 16.9. The van der Waals surface area contributed by atoms with Crippen LogP contribution in [0, 0.1) is 6.92 Å². The van der Waals surface area contributed by atoms with E-state index in [4.69, 9.17) is 0 Å². The van der Waals surface area contributed by atoms with Crippen molar-refractivity contribution in [2.45, 2.75) is 13.5 Å². The van der Waals surface area contributed by atoms with Gasteiger partial charge in [-0.15, -0.1) is 0 Å². The van der Waals surface area contributed by atoms with E-state index < -0.39 is 10.0 Å². The number of aromatic nitrogens is 3. The van der Waals surface area contributed by atoms with Gasteiger partial charge in [-0.25, -0.2) is 18.4 Å². The molecule has 1 N–H and O–H groups in total. The molecule has 0 aromatic carbocycles. The predicted molar refractivity (Wildman–Crippen MR) is 119 cm³/mol. The second kappa shape index (κ2) is 8.76. The van der Waals surface area contributed by atoms with Gasteiger partial charge in [0.1, 0.15) is 5.82 Å². The van der Waals surface area contributed by atoms with E-state index in [1.165, 1.54) is 10.6 Å². The second-order valence-corrected chi connectivity index (χ2v) is 10.3. The quantitative estimate of drug-likeness (QED) is 0.625. The lowest BCUT2D eigenvalue weighted by atomic mass is 10.2. The lowest BCUT2D eigenvalue weighted by Gasteiger charge is -2.33. The lowest BCUT2D eigenvalue weighted by molar-refractivity contribution is 0.182. The SMILES string of the molecule is Cc1ccc(-c2cnc(Nc3ccc(CN4CCN(S(C)(=O)=O)CC4)cn3)s2)cn1. The fourth-order valence-electron chi connectivity index (χ4n) is 3.26. The van der Waals surface area contributed by atoms with Crippen LogP contribution in [0.25, 0.3) is 10.4 Å². The molecule has 0 radical (unpaired) electrons. The largest absolute Gasteiger partial charge is 0.316 e. The van der Waals surface area contributed by atoms with Crippen LogP contribution in [-0.2, 0) is 16.6 Å². The molecule has 0 unspecified atom stereocenters. The smallest absolute Gasteiger partial charge is 0.211 e. The molecular formula is C20H24N6O2S2. The number of hydrogen-bond acceptors (Lipinski definition) is 8. The highest BCUT2D eigenvalue weighted by atomic mass is 32.2. The number of nitrogens with zero attached hydrogens (tertiary/aromatic N) is 5. The molecule has 158 valence electrons. The van der Waals surface area contributed by atoms with Gasteiger partial charge in [0.15, 0.2) is 5.13 Å². The van der Waals surface area contributed by atoms with Crippen LogP contribution in [0.15, 0.2) is 42.9 Å². The minimum absolute atomic E-state index is 0.536. The Morgan fingerprint density at radius 3 is 2.43 bits per heavy atom. The molecule has 0 aliphatic carbocycles. The molecule has 3 aromatic heterocycles. The minimum atomic E-state index is -3.10. The number of nitrogens with one attached hydrogen (secondary N) is 1. The van der Waals surface area contributed by atoms with Crippen LogP contribution in [-0.4, -0.2) is 65.0 Å². The number of anilines is 2. The Morgan fingerprint density at radius 1 is 1.00 bits per heavy atom. The molecule has 1 aliphatic heterocycles. The van der Waals surface area contributed by atoms with Crippen molar-refractivity contribution in [3.05, 3.63) is 54.1 Å². The Balaban J connectivity index is 1.33. The van der Waals surface area contributed by atoms with Crippen LogP contribution < -0.4 is 5.32 Å². The monoisotopic (exact) mass is 444 g/mol. The first-order valence-corrected chi connectivity index (χ1v) is 12.3. The summed E-state index contributed by atoms with van der Waals surface area (Å²) in [7, 11) is -3.10. The number of hydrogen-bond donors (Lipinski definition) is 1. The van der Waals surface area contributed by atoms with Crippen molar-refractivity contribution < 1.29 is 8.42 Å². The Labute approximate surface area is 180 Å². The van der Waals surface area contributed by atoms with E-state index in [0.29, 0.717) is 13.1 Å². The molecule has 8 nitrogen and oxygen atoms in total. The van der Waals surface area contributed by atoms with Crippen LogP contribution in [0.2, 0.25) is 0 Å². The van der Waals surface area contributed by atoms with E-state index in [1.54, 1.807) is 11.3 Å². The van der Waals surface area contributed by atoms with E-state index >= 15 is 0 Å². The number of sulfonamides is 1. The van der Waals surface area contributed by atoms with Gasteiger partial charge in [0, 0.05) is 62.6 Å². The molecule has 30 heavy (non-hydrogen) atoms. The van der Waals surface area contributed by atoms with Gasteiger partial charge in [0.2, 0.25) is 10.0 Å². The van der Waals surface area contributed by atoms with Gasteiger partial charge in [0.25, 0.3) is 0 Å². The summed E-state index contributed by atoms with van der Waals surface area (Å²) in [6, 6.07) is 8.01. The molecule has 3 aromatic rings. The third-order valence-electron chi connectivity index (χ3n) is 4.97. The summed E-state index contributed by atoms with van der Waals surface area (Å²) in [5.41, 5.74) is 3.13. The predicted octanol–water partition coefficient (Wildman–Crippen LogP) is 2.73. The van der Waals surface area contributed by atoms with E-state index in [1.807, 2.05) is 49.8 Å². The lowest BCUT2D eigenvalue weighted by Crippen LogP contribution is -2.47. The fraction of sp³-hybridized carbons (Fsp3) is 0.350. The van der Waals surface area contributed by atoms with Crippen molar-refractivity contribution >= 4 is 32.3 Å². The second-order valence-electron chi connectivity index (χ2n) is 7.33. The Bertz CT molecular complexity index is 1090. The van der Waals surface area contributed by atoms with E-state index in [0.717, 1.165) is 52.3 Å². The number of aryl methyl sites for hydroxylation is 1. The van der Waals surface area contributed by atoms with Crippen molar-refractivity contribution in [3.63, 3.8) is 0 Å². The molecule has 0 atom stereocenters. The van der Waals surface area contributed by atoms with Crippen molar-refractivity contribution in [2.75, 3.05) is 37.8 Å². The Hall–Kier alpha value is -2.40. The highest BCUT2D eigenvalue weighted by Gasteiger charge is 2.23. The van der Waals surface area contributed by atoms with E-state index in [-0.39, 0.29) is 0 Å². The normalized spacial score (nSPS) is 15.9. The Morgan fingerprint density at radius 2 is 1.80 bits per heavy atom. The fourth-order valence-corrected chi connectivity index (χ4v) is 4.90. The van der Waals surface area contributed by atoms with Crippen LogP contribution >= 0.6 is 11.3 Å². The molecule has 0 saturated carbocycles. The molecule has 0 spiro atoms. The summed E-state index contributed by atoms with van der Waals surface area (Å²) in [6.45, 7) is 5.25. The maximum absolute atomic E-state index is 11.6. The standard InChI is InChI=1S/C20H24N6O2S2/c1-15-3-5-17(12-21-15)18-13-23-20(29-18)24-19-6-4-16(11-22-19)14-25-7-9-26(10-8-25)30(2,27)28/h3-6,11-13H,7-10,14H2,1-2H3,(H,22,23,24). The van der Waals surface area contributed by atoms with Crippen LogP contribution in [0.3, 0.4) is 0 Å². The third-order valence-corrected chi connectivity index (χ3v) is 7.23. The van der Waals surface area contributed by atoms with Gasteiger partial charge in [0.05, 0.1) is 11.1 Å². The molecule has 4 heterocycles. The van der Waals surface area contributed by atoms with Crippen molar-refractivity contribution in [1.82, 2.24) is 24.2 Å². The maximum Gasteiger partial charge on any atom is 0.211 e. The molecule has 1 aliphatic rings. The molecule has 1 saturated heterocycles. The average Bonchev–Trinajstić information content (AvgIpc) is 3.18. The molecule has 4 rings (SSSR count). The van der Waals surface area contributed by atoms with Gasteiger partial charge < -0.3 is 5.32 Å². The van der Waals surface area contributed by atoms with Gasteiger partial charge in [-0.3, -0.25) is 9.88 Å². The topological polar surface area (TPSA) is 91.3 Å². The molecule has 10 heteroatoms. The number of rotatable bonds is 6. The number of pyridine rings is 2. The van der Waals surface area contributed by atoms with Crippen LogP contribution in [0.1, 0.15) is 11.3 Å². The van der Waals surface area contributed by atoms with Crippen molar-refractivity contribution in [3.8, 4) is 10.4 Å². The van der Waals surface area contributed by atoms with Crippen LogP contribution in [0.4, 0.5) is 10.9 Å². The molecular weight excluding hydrogens is 420 g/mol. The summed E-state index contributed by atoms with van der Waals surface area (Å²) in [6.07, 6.45) is 6.81. The first-order valence-electron chi connectivity index (χ1n) is 9.65. The zero-order valence-corrected chi connectivity index (χ0v) is 18.6. The molecule has 1 fully saturated rings. The Kier molecular flexibility index (Phi) is 6.09.